The van der Waals surface area contributed by atoms with Gasteiger partial charge in [0.05, 0.1) is 6.42 Å². The SMILES string of the molecule is Cc1cc[n+](CCC(=O)Nc2ccc(C)cn2)cc1.[Br-]. The fourth-order valence-electron chi connectivity index (χ4n) is 1.66. The van der Waals surface area contributed by atoms with Gasteiger partial charge in [0.25, 0.3) is 0 Å². The fourth-order valence-corrected chi connectivity index (χ4v) is 1.66. The molecule has 2 aromatic heterocycles. The summed E-state index contributed by atoms with van der Waals surface area (Å²) >= 11 is 0. The number of rotatable bonds is 4. The molecule has 0 aliphatic carbocycles. The lowest BCUT2D eigenvalue weighted by Gasteiger charge is -2.03. The molecule has 5 heteroatoms. The van der Waals surface area contributed by atoms with Crippen LogP contribution in [0.1, 0.15) is 17.5 Å². The molecule has 20 heavy (non-hydrogen) atoms. The monoisotopic (exact) mass is 335 g/mol. The van der Waals surface area contributed by atoms with E-state index in [1.54, 1.807) is 6.20 Å². The first kappa shape index (κ1) is 16.3. The standard InChI is InChI=1S/C15H17N3O.BrH/c1-12-5-8-18(9-6-12)10-7-15(19)17-14-4-3-13(2)11-16-14;/h3-6,8-9,11H,7,10H2,1-2H3;1H. The third kappa shape index (κ3) is 5.09. The van der Waals surface area contributed by atoms with E-state index >= 15 is 0 Å². The highest BCUT2D eigenvalue weighted by Crippen LogP contribution is 2.04. The molecule has 0 atom stereocenters. The molecule has 0 saturated carbocycles. The predicted molar refractivity (Wildman–Crippen MR) is 73.6 cm³/mol. The second kappa shape index (κ2) is 7.75. The highest BCUT2D eigenvalue weighted by Gasteiger charge is 2.07. The summed E-state index contributed by atoms with van der Waals surface area (Å²) < 4.78 is 2.00. The number of carbonyl (C=O) groups excluding carboxylic acids is 1. The Morgan fingerprint density at radius 3 is 2.45 bits per heavy atom. The Kier molecular flexibility index (Phi) is 6.31. The molecule has 0 unspecified atom stereocenters. The smallest absolute Gasteiger partial charge is 0.231 e. The number of hydrogen-bond donors (Lipinski definition) is 1. The first-order chi connectivity index (χ1) is 9.13. The molecule has 4 nitrogen and oxygen atoms in total. The molecule has 0 aromatic carbocycles. The lowest BCUT2D eigenvalue weighted by atomic mass is 10.3. The Labute approximate surface area is 129 Å². The zero-order chi connectivity index (χ0) is 13.7. The molecule has 0 fully saturated rings. The molecule has 0 aliphatic heterocycles. The van der Waals surface area contributed by atoms with Gasteiger partial charge in [-0.25, -0.2) is 9.55 Å². The number of carbonyl (C=O) groups is 1. The minimum absolute atomic E-state index is 0. The molecule has 1 N–H and O–H groups in total. The predicted octanol–water partition coefficient (Wildman–Crippen LogP) is -0.981. The van der Waals surface area contributed by atoms with Crippen LogP contribution in [0.2, 0.25) is 0 Å². The van der Waals surface area contributed by atoms with Gasteiger partial charge in [-0.05, 0) is 31.0 Å². The minimum Gasteiger partial charge on any atom is -1.00 e. The van der Waals surface area contributed by atoms with Crippen LogP contribution in [-0.4, -0.2) is 10.9 Å². The van der Waals surface area contributed by atoms with E-state index in [0.717, 1.165) is 5.56 Å². The van der Waals surface area contributed by atoms with E-state index in [2.05, 4.69) is 10.3 Å². The van der Waals surface area contributed by atoms with Gasteiger partial charge in [-0.1, -0.05) is 6.07 Å². The summed E-state index contributed by atoms with van der Waals surface area (Å²) in [6.45, 7) is 4.67. The molecule has 2 aromatic rings. The first-order valence-electron chi connectivity index (χ1n) is 6.32. The van der Waals surface area contributed by atoms with Crippen molar-refractivity contribution in [2.45, 2.75) is 26.8 Å². The van der Waals surface area contributed by atoms with E-state index in [1.165, 1.54) is 5.56 Å². The van der Waals surface area contributed by atoms with Crippen LogP contribution in [0, 0.1) is 13.8 Å². The first-order valence-corrected chi connectivity index (χ1v) is 6.32. The molecular formula is C15H18BrN3O. The van der Waals surface area contributed by atoms with E-state index in [1.807, 2.05) is 55.1 Å². The Bertz CT molecular complexity index is 552. The highest BCUT2D eigenvalue weighted by atomic mass is 79.9. The van der Waals surface area contributed by atoms with Crippen molar-refractivity contribution in [2.24, 2.45) is 0 Å². The zero-order valence-electron chi connectivity index (χ0n) is 11.6. The van der Waals surface area contributed by atoms with E-state index < -0.39 is 0 Å². The van der Waals surface area contributed by atoms with Crippen LogP contribution >= 0.6 is 0 Å². The van der Waals surface area contributed by atoms with Gasteiger partial charge in [0, 0.05) is 18.3 Å². The van der Waals surface area contributed by atoms with Crippen molar-refractivity contribution in [2.75, 3.05) is 5.32 Å². The summed E-state index contributed by atoms with van der Waals surface area (Å²) in [5.41, 5.74) is 2.29. The second-order valence-electron chi connectivity index (χ2n) is 4.63. The Hall–Kier alpha value is -1.75. The number of aromatic nitrogens is 2. The van der Waals surface area contributed by atoms with Crippen molar-refractivity contribution in [3.05, 3.63) is 54.0 Å². The van der Waals surface area contributed by atoms with E-state index in [9.17, 15) is 4.79 Å². The molecular weight excluding hydrogens is 318 g/mol. The van der Waals surface area contributed by atoms with Crippen molar-refractivity contribution >= 4 is 11.7 Å². The number of pyridine rings is 2. The van der Waals surface area contributed by atoms with Crippen molar-refractivity contribution in [1.82, 2.24) is 4.98 Å². The Balaban J connectivity index is 0.00000200. The quantitative estimate of drug-likeness (QED) is 0.730. The molecule has 0 saturated heterocycles. The average molecular weight is 336 g/mol. The lowest BCUT2D eigenvalue weighted by molar-refractivity contribution is -0.695. The van der Waals surface area contributed by atoms with Gasteiger partial charge in [-0.15, -0.1) is 0 Å². The number of amides is 1. The summed E-state index contributed by atoms with van der Waals surface area (Å²) in [6.07, 6.45) is 6.13. The minimum atomic E-state index is -0.0237. The van der Waals surface area contributed by atoms with Crippen LogP contribution in [0.4, 0.5) is 5.82 Å². The molecule has 0 spiro atoms. The van der Waals surface area contributed by atoms with Crippen LogP contribution in [0.3, 0.4) is 0 Å². The van der Waals surface area contributed by atoms with Crippen molar-refractivity contribution in [3.63, 3.8) is 0 Å². The fraction of sp³-hybridized carbons (Fsp3) is 0.267. The number of nitrogens with zero attached hydrogens (tertiary/aromatic N) is 2. The number of hydrogen-bond acceptors (Lipinski definition) is 2. The van der Waals surface area contributed by atoms with Crippen LogP contribution in [0.15, 0.2) is 42.9 Å². The summed E-state index contributed by atoms with van der Waals surface area (Å²) in [4.78, 5) is 15.9. The maximum atomic E-state index is 11.8. The van der Waals surface area contributed by atoms with Crippen LogP contribution < -0.4 is 26.9 Å². The van der Waals surface area contributed by atoms with Crippen LogP contribution in [0.5, 0.6) is 0 Å². The van der Waals surface area contributed by atoms with Crippen molar-refractivity contribution in [3.8, 4) is 0 Å². The summed E-state index contributed by atoms with van der Waals surface area (Å²) in [7, 11) is 0. The highest BCUT2D eigenvalue weighted by molar-refractivity contribution is 5.89. The summed E-state index contributed by atoms with van der Waals surface area (Å²) in [5, 5.41) is 2.79. The van der Waals surface area contributed by atoms with E-state index in [0.29, 0.717) is 18.8 Å². The third-order valence-electron chi connectivity index (χ3n) is 2.83. The van der Waals surface area contributed by atoms with Gasteiger partial charge in [0.15, 0.2) is 18.9 Å². The average Bonchev–Trinajstić information content (AvgIpc) is 2.41. The van der Waals surface area contributed by atoms with E-state index in [4.69, 9.17) is 0 Å². The zero-order valence-corrected chi connectivity index (χ0v) is 13.2. The normalized spacial score (nSPS) is 9.70. The number of halogens is 1. The van der Waals surface area contributed by atoms with Gasteiger partial charge in [0.2, 0.25) is 5.91 Å². The van der Waals surface area contributed by atoms with Gasteiger partial charge in [-0.2, -0.15) is 0 Å². The van der Waals surface area contributed by atoms with Crippen LogP contribution in [-0.2, 0) is 11.3 Å². The molecule has 0 bridgehead atoms. The van der Waals surface area contributed by atoms with Gasteiger partial charge in [-0.3, -0.25) is 4.79 Å². The third-order valence-corrected chi connectivity index (χ3v) is 2.83. The molecule has 2 heterocycles. The summed E-state index contributed by atoms with van der Waals surface area (Å²) in [5.74, 6) is 0.578. The van der Waals surface area contributed by atoms with Gasteiger partial charge in [0.1, 0.15) is 5.82 Å². The number of aryl methyl sites for hydroxylation is 3. The molecule has 0 radical (unpaired) electrons. The van der Waals surface area contributed by atoms with E-state index in [-0.39, 0.29) is 22.9 Å². The number of nitrogens with one attached hydrogen (secondary N) is 1. The summed E-state index contributed by atoms with van der Waals surface area (Å²) in [6, 6.07) is 7.79. The maximum Gasteiger partial charge on any atom is 0.231 e. The Morgan fingerprint density at radius 1 is 1.15 bits per heavy atom. The van der Waals surface area contributed by atoms with Crippen LogP contribution in [0.25, 0.3) is 0 Å². The van der Waals surface area contributed by atoms with Gasteiger partial charge < -0.3 is 22.3 Å². The molecule has 2 rings (SSSR count). The topological polar surface area (TPSA) is 45.9 Å². The maximum absolute atomic E-state index is 11.8. The number of anilines is 1. The second-order valence-corrected chi connectivity index (χ2v) is 4.63. The molecule has 106 valence electrons. The Morgan fingerprint density at radius 2 is 1.85 bits per heavy atom. The molecule has 0 aliphatic rings. The molecule has 1 amide bonds. The largest absolute Gasteiger partial charge is 1.00 e. The van der Waals surface area contributed by atoms with Crippen molar-refractivity contribution < 1.29 is 26.3 Å². The van der Waals surface area contributed by atoms with Crippen molar-refractivity contribution in [1.29, 1.82) is 0 Å². The van der Waals surface area contributed by atoms with Gasteiger partial charge >= 0.3 is 0 Å². The lowest BCUT2D eigenvalue weighted by Crippen LogP contribution is -3.00.